The number of benzene rings is 2. The van der Waals surface area contributed by atoms with Gasteiger partial charge in [-0.25, -0.2) is 0 Å². The Labute approximate surface area is 154 Å². The molecule has 2 aromatic rings. The van der Waals surface area contributed by atoms with Crippen molar-refractivity contribution in [2.75, 3.05) is 10.7 Å². The lowest BCUT2D eigenvalue weighted by Crippen LogP contribution is -2.29. The predicted molar refractivity (Wildman–Crippen MR) is 99.1 cm³/mol. The number of nitrogens with two attached hydrogens (primary N) is 1. The Morgan fingerprint density at radius 1 is 1.24 bits per heavy atom. The first kappa shape index (κ1) is 17.3. The number of amides is 2. The molecule has 1 aliphatic heterocycles. The molecule has 0 spiro atoms. The first-order valence-corrected chi connectivity index (χ1v) is 8.13. The number of carbonyl (C=O) groups excluding carboxylic acids is 2. The summed E-state index contributed by atoms with van der Waals surface area (Å²) in [6.07, 6.45) is -0.0609. The second-order valence-electron chi connectivity index (χ2n) is 5.59. The Morgan fingerprint density at radius 3 is 2.56 bits per heavy atom. The minimum atomic E-state index is -0.401. The van der Waals surface area contributed by atoms with Crippen LogP contribution in [-0.4, -0.2) is 17.6 Å². The highest BCUT2D eigenvalue weighted by molar-refractivity contribution is 6.40. The zero-order chi connectivity index (χ0) is 18.1. The fourth-order valence-corrected chi connectivity index (χ4v) is 3.21. The Balaban J connectivity index is 1.85. The van der Waals surface area contributed by atoms with Gasteiger partial charge in [0.15, 0.2) is 0 Å². The largest absolute Gasteiger partial charge is 0.399 e. The summed E-state index contributed by atoms with van der Waals surface area (Å²) in [5.41, 5.74) is 7.68. The van der Waals surface area contributed by atoms with Crippen LogP contribution in [0.4, 0.5) is 11.4 Å². The molecule has 3 rings (SSSR count). The lowest BCUT2D eigenvalue weighted by atomic mass is 10.2. The van der Waals surface area contributed by atoms with Crippen molar-refractivity contribution in [2.24, 2.45) is 5.10 Å². The Bertz CT molecular complexity index is 888. The lowest BCUT2D eigenvalue weighted by molar-refractivity contribution is -0.116. The minimum absolute atomic E-state index is 0.0609. The van der Waals surface area contributed by atoms with Gasteiger partial charge in [-0.05, 0) is 42.8 Å². The van der Waals surface area contributed by atoms with E-state index in [0.29, 0.717) is 27.0 Å². The third-order valence-corrected chi connectivity index (χ3v) is 4.13. The Hall–Kier alpha value is -2.57. The van der Waals surface area contributed by atoms with Gasteiger partial charge in [-0.15, -0.1) is 0 Å². The molecule has 0 bridgehead atoms. The van der Waals surface area contributed by atoms with Crippen LogP contribution in [0.3, 0.4) is 0 Å². The van der Waals surface area contributed by atoms with Crippen molar-refractivity contribution < 1.29 is 9.59 Å². The molecule has 1 aliphatic rings. The fourth-order valence-electron chi connectivity index (χ4n) is 2.45. The number of amidine groups is 1. The molecule has 6 nitrogen and oxygen atoms in total. The summed E-state index contributed by atoms with van der Waals surface area (Å²) in [4.78, 5) is 24.5. The number of aryl methyl sites for hydroxylation is 1. The molecule has 0 fully saturated rings. The summed E-state index contributed by atoms with van der Waals surface area (Å²) < 4.78 is 0. The van der Waals surface area contributed by atoms with Gasteiger partial charge in [0.05, 0.1) is 16.5 Å². The zero-order valence-electron chi connectivity index (χ0n) is 13.2. The minimum Gasteiger partial charge on any atom is -0.399 e. The summed E-state index contributed by atoms with van der Waals surface area (Å²) in [6.45, 7) is 1.84. The molecule has 3 N–H and O–H groups in total. The average molecular weight is 377 g/mol. The van der Waals surface area contributed by atoms with E-state index in [2.05, 4.69) is 10.4 Å². The molecule has 128 valence electrons. The number of carbonyl (C=O) groups is 2. The van der Waals surface area contributed by atoms with E-state index in [-0.39, 0.29) is 18.2 Å². The highest BCUT2D eigenvalue weighted by Crippen LogP contribution is 2.36. The number of anilines is 2. The Kier molecular flexibility index (Phi) is 4.65. The van der Waals surface area contributed by atoms with Gasteiger partial charge in [-0.2, -0.15) is 10.1 Å². The van der Waals surface area contributed by atoms with E-state index in [1.807, 2.05) is 6.92 Å². The third-order valence-electron chi connectivity index (χ3n) is 3.56. The molecular weight excluding hydrogens is 363 g/mol. The molecule has 0 aliphatic carbocycles. The summed E-state index contributed by atoms with van der Waals surface area (Å²) in [7, 11) is 0. The monoisotopic (exact) mass is 376 g/mol. The van der Waals surface area contributed by atoms with Crippen LogP contribution in [0.25, 0.3) is 0 Å². The zero-order valence-corrected chi connectivity index (χ0v) is 14.7. The van der Waals surface area contributed by atoms with E-state index < -0.39 is 5.91 Å². The van der Waals surface area contributed by atoms with E-state index in [9.17, 15) is 9.59 Å². The molecule has 0 radical (unpaired) electrons. The van der Waals surface area contributed by atoms with Gasteiger partial charge < -0.3 is 11.1 Å². The molecule has 8 heteroatoms. The molecule has 2 amide bonds. The quantitative estimate of drug-likeness (QED) is 0.787. The molecule has 0 unspecified atom stereocenters. The maximum atomic E-state index is 12.3. The normalized spacial score (nSPS) is 13.8. The first-order valence-electron chi connectivity index (χ1n) is 7.38. The van der Waals surface area contributed by atoms with Crippen molar-refractivity contribution >= 4 is 52.2 Å². The van der Waals surface area contributed by atoms with Gasteiger partial charge in [0, 0.05) is 11.3 Å². The second-order valence-corrected chi connectivity index (χ2v) is 6.40. The molecule has 0 aromatic heterocycles. The van der Waals surface area contributed by atoms with Gasteiger partial charge in [-0.1, -0.05) is 29.3 Å². The fraction of sp³-hybridized carbons (Fsp3) is 0.118. The number of rotatable bonds is 2. The number of halogens is 2. The maximum absolute atomic E-state index is 12.3. The number of hydrazone groups is 1. The predicted octanol–water partition coefficient (Wildman–Crippen LogP) is 3.36. The highest BCUT2D eigenvalue weighted by Gasteiger charge is 2.29. The molecule has 25 heavy (non-hydrogen) atoms. The molecule has 0 saturated carbocycles. The highest BCUT2D eigenvalue weighted by atomic mass is 35.5. The topological polar surface area (TPSA) is 87.8 Å². The van der Waals surface area contributed by atoms with E-state index >= 15 is 0 Å². The molecular formula is C17H14Cl2N4O2. The summed E-state index contributed by atoms with van der Waals surface area (Å²) >= 11 is 12.4. The standard InChI is InChI=1S/C17H14Cl2N4O2/c1-9-5-12(18)16(13(19)6-9)23-15(24)8-14(22-23)21-17(25)10-3-2-4-11(20)7-10/h2-7H,8,20H2,1H3,(H,21,22,25). The summed E-state index contributed by atoms with van der Waals surface area (Å²) in [5, 5.41) is 8.49. The molecule has 0 saturated heterocycles. The Morgan fingerprint density at radius 2 is 1.92 bits per heavy atom. The molecule has 0 atom stereocenters. The van der Waals surface area contributed by atoms with Crippen LogP contribution < -0.4 is 16.1 Å². The average Bonchev–Trinajstić information content (AvgIpc) is 2.86. The number of nitrogens with one attached hydrogen (secondary N) is 1. The number of nitrogen functional groups attached to an aromatic ring is 1. The maximum Gasteiger partial charge on any atom is 0.256 e. The number of hydrogen-bond acceptors (Lipinski definition) is 4. The van der Waals surface area contributed by atoms with Gasteiger partial charge in [0.25, 0.3) is 11.8 Å². The van der Waals surface area contributed by atoms with Crippen LogP contribution in [0.15, 0.2) is 41.5 Å². The van der Waals surface area contributed by atoms with Gasteiger partial charge in [0.2, 0.25) is 0 Å². The van der Waals surface area contributed by atoms with Gasteiger partial charge >= 0.3 is 0 Å². The summed E-state index contributed by atoms with van der Waals surface area (Å²) in [6, 6.07) is 9.89. The second kappa shape index (κ2) is 6.74. The third kappa shape index (κ3) is 3.60. The van der Waals surface area contributed by atoms with Crippen molar-refractivity contribution in [3.05, 3.63) is 57.6 Å². The van der Waals surface area contributed by atoms with E-state index in [4.69, 9.17) is 28.9 Å². The number of nitrogens with zero attached hydrogens (tertiary/aromatic N) is 2. The van der Waals surface area contributed by atoms with Crippen LogP contribution in [-0.2, 0) is 4.79 Å². The van der Waals surface area contributed by atoms with E-state index in [1.54, 1.807) is 30.3 Å². The van der Waals surface area contributed by atoms with Crippen molar-refractivity contribution in [1.82, 2.24) is 5.32 Å². The smallest absolute Gasteiger partial charge is 0.256 e. The van der Waals surface area contributed by atoms with Crippen molar-refractivity contribution in [2.45, 2.75) is 13.3 Å². The lowest BCUT2D eigenvalue weighted by Gasteiger charge is -2.15. The van der Waals surface area contributed by atoms with Crippen molar-refractivity contribution in [3.8, 4) is 0 Å². The number of hydrogen-bond donors (Lipinski definition) is 2. The van der Waals surface area contributed by atoms with Crippen molar-refractivity contribution in [3.63, 3.8) is 0 Å². The van der Waals surface area contributed by atoms with Gasteiger partial charge in [-0.3, -0.25) is 9.59 Å². The SMILES string of the molecule is Cc1cc(Cl)c(N2N=C(NC(=O)c3cccc(N)c3)CC2=O)c(Cl)c1. The van der Waals surface area contributed by atoms with E-state index in [1.165, 1.54) is 6.07 Å². The summed E-state index contributed by atoms with van der Waals surface area (Å²) in [5.74, 6) is -0.525. The van der Waals surface area contributed by atoms with E-state index in [0.717, 1.165) is 10.6 Å². The molecule has 1 heterocycles. The van der Waals surface area contributed by atoms with Crippen LogP contribution in [0.5, 0.6) is 0 Å². The van der Waals surface area contributed by atoms with Crippen LogP contribution in [0.2, 0.25) is 10.0 Å². The first-order chi connectivity index (χ1) is 11.8. The molecule has 2 aromatic carbocycles. The van der Waals surface area contributed by atoms with Crippen LogP contribution >= 0.6 is 23.2 Å². The van der Waals surface area contributed by atoms with Crippen LogP contribution in [0.1, 0.15) is 22.3 Å². The van der Waals surface area contributed by atoms with Gasteiger partial charge in [0.1, 0.15) is 11.5 Å². The van der Waals surface area contributed by atoms with Crippen molar-refractivity contribution in [1.29, 1.82) is 0 Å². The van der Waals surface area contributed by atoms with Crippen LogP contribution in [0, 0.1) is 6.92 Å².